The van der Waals surface area contributed by atoms with Crippen LogP contribution in [0, 0.1) is 5.92 Å². The molecule has 0 heterocycles. The van der Waals surface area contributed by atoms with Gasteiger partial charge in [-0.1, -0.05) is 27.7 Å². The highest BCUT2D eigenvalue weighted by Crippen LogP contribution is 2.26. The first kappa shape index (κ1) is 16.9. The molecule has 1 aliphatic carbocycles. The summed E-state index contributed by atoms with van der Waals surface area (Å²) < 4.78 is 0. The Morgan fingerprint density at radius 3 is 2.16 bits per heavy atom. The predicted molar refractivity (Wildman–Crippen MR) is 84.7 cm³/mol. The number of nitrogens with zero attached hydrogens (tertiary/aromatic N) is 2. The summed E-state index contributed by atoms with van der Waals surface area (Å²) in [6.07, 6.45) is 4.20. The molecule has 1 saturated carbocycles. The summed E-state index contributed by atoms with van der Waals surface area (Å²) in [4.78, 5) is 5.18. The fourth-order valence-electron chi connectivity index (χ4n) is 2.47. The molecule has 0 radical (unpaired) electrons. The third-order valence-corrected chi connectivity index (χ3v) is 4.13. The Balaban J connectivity index is 2.05. The van der Waals surface area contributed by atoms with Crippen molar-refractivity contribution in [1.82, 2.24) is 15.1 Å². The van der Waals surface area contributed by atoms with Gasteiger partial charge >= 0.3 is 0 Å². The molecule has 0 bridgehead atoms. The average molecular weight is 269 g/mol. The summed E-state index contributed by atoms with van der Waals surface area (Å²) >= 11 is 0. The fourth-order valence-corrected chi connectivity index (χ4v) is 2.47. The summed E-state index contributed by atoms with van der Waals surface area (Å²) in [6, 6.07) is 0.906. The van der Waals surface area contributed by atoms with Gasteiger partial charge in [0, 0.05) is 32.2 Å². The second-order valence-corrected chi connectivity index (χ2v) is 6.23. The van der Waals surface area contributed by atoms with Gasteiger partial charge in [-0.05, 0) is 44.8 Å². The normalized spacial score (nSPS) is 15.9. The lowest BCUT2D eigenvalue weighted by molar-refractivity contribution is 0.243. The Kier molecular flexibility index (Phi) is 8.67. The van der Waals surface area contributed by atoms with Crippen molar-refractivity contribution in [2.24, 2.45) is 5.92 Å². The lowest BCUT2D eigenvalue weighted by Gasteiger charge is -2.23. The molecule has 1 aliphatic rings. The van der Waals surface area contributed by atoms with E-state index in [4.69, 9.17) is 0 Å². The van der Waals surface area contributed by atoms with Crippen molar-refractivity contribution in [2.45, 2.75) is 53.0 Å². The molecule has 0 atom stereocenters. The van der Waals surface area contributed by atoms with Crippen LogP contribution in [0.1, 0.15) is 47.0 Å². The van der Waals surface area contributed by atoms with Gasteiger partial charge in [0.2, 0.25) is 0 Å². The van der Waals surface area contributed by atoms with E-state index in [1.54, 1.807) is 0 Å². The van der Waals surface area contributed by atoms with E-state index in [0.717, 1.165) is 25.0 Å². The highest BCUT2D eigenvalue weighted by Gasteiger charge is 2.28. The van der Waals surface area contributed by atoms with E-state index >= 15 is 0 Å². The van der Waals surface area contributed by atoms with Gasteiger partial charge in [0.25, 0.3) is 0 Å². The Hall–Kier alpha value is -0.120. The van der Waals surface area contributed by atoms with E-state index in [0.29, 0.717) is 0 Å². The minimum Gasteiger partial charge on any atom is -0.314 e. The maximum absolute atomic E-state index is 3.60. The summed E-state index contributed by atoms with van der Waals surface area (Å²) in [5, 5.41) is 3.60. The fraction of sp³-hybridized carbons (Fsp3) is 1.00. The Morgan fingerprint density at radius 2 is 1.63 bits per heavy atom. The van der Waals surface area contributed by atoms with Crippen molar-refractivity contribution in [1.29, 1.82) is 0 Å². The molecule has 114 valence electrons. The van der Waals surface area contributed by atoms with Crippen LogP contribution in [0.15, 0.2) is 0 Å². The quantitative estimate of drug-likeness (QED) is 0.549. The standard InChI is InChI=1S/C16H35N3/c1-5-18(6-2)13-10-17-11-14-19(16-7-8-16)12-9-15(3)4/h15-17H,5-14H2,1-4H3. The van der Waals surface area contributed by atoms with E-state index < -0.39 is 0 Å². The zero-order valence-electron chi connectivity index (χ0n) is 13.6. The van der Waals surface area contributed by atoms with E-state index in [-0.39, 0.29) is 0 Å². The lowest BCUT2D eigenvalue weighted by Crippen LogP contribution is -2.38. The summed E-state index contributed by atoms with van der Waals surface area (Å²) in [7, 11) is 0. The molecule has 1 fully saturated rings. The number of hydrogen-bond donors (Lipinski definition) is 1. The van der Waals surface area contributed by atoms with Gasteiger partial charge in [-0.2, -0.15) is 0 Å². The van der Waals surface area contributed by atoms with Gasteiger partial charge in [0.15, 0.2) is 0 Å². The highest BCUT2D eigenvalue weighted by atomic mass is 15.2. The van der Waals surface area contributed by atoms with E-state index in [2.05, 4.69) is 42.8 Å². The number of hydrogen-bond acceptors (Lipinski definition) is 3. The second-order valence-electron chi connectivity index (χ2n) is 6.23. The minimum absolute atomic E-state index is 0.830. The average Bonchev–Trinajstić information content (AvgIpc) is 3.21. The first-order chi connectivity index (χ1) is 9.17. The predicted octanol–water partition coefficient (Wildman–Crippen LogP) is 2.43. The SMILES string of the molecule is CCN(CC)CCNCCN(CCC(C)C)C1CC1. The van der Waals surface area contributed by atoms with Crippen LogP contribution in [-0.4, -0.2) is 61.7 Å². The molecule has 0 aliphatic heterocycles. The molecule has 19 heavy (non-hydrogen) atoms. The van der Waals surface area contributed by atoms with E-state index in [1.165, 1.54) is 52.0 Å². The molecule has 0 aromatic carbocycles. The third-order valence-electron chi connectivity index (χ3n) is 4.13. The summed E-state index contributed by atoms with van der Waals surface area (Å²) in [5.74, 6) is 0.830. The van der Waals surface area contributed by atoms with Crippen LogP contribution in [0.25, 0.3) is 0 Å². The zero-order chi connectivity index (χ0) is 14.1. The van der Waals surface area contributed by atoms with Gasteiger partial charge < -0.3 is 10.2 Å². The van der Waals surface area contributed by atoms with Crippen LogP contribution in [0.5, 0.6) is 0 Å². The topological polar surface area (TPSA) is 18.5 Å². The maximum atomic E-state index is 3.60. The van der Waals surface area contributed by atoms with Crippen molar-refractivity contribution in [3.63, 3.8) is 0 Å². The van der Waals surface area contributed by atoms with Gasteiger partial charge in [0.05, 0.1) is 0 Å². The summed E-state index contributed by atoms with van der Waals surface area (Å²) in [5.41, 5.74) is 0. The van der Waals surface area contributed by atoms with Crippen LogP contribution in [0.2, 0.25) is 0 Å². The molecule has 0 aromatic rings. The second kappa shape index (κ2) is 9.73. The van der Waals surface area contributed by atoms with Crippen molar-refractivity contribution in [2.75, 3.05) is 45.8 Å². The Labute approximate surface area is 120 Å². The molecule has 0 saturated heterocycles. The highest BCUT2D eigenvalue weighted by molar-refractivity contribution is 4.84. The monoisotopic (exact) mass is 269 g/mol. The van der Waals surface area contributed by atoms with Crippen LogP contribution in [-0.2, 0) is 0 Å². The lowest BCUT2D eigenvalue weighted by atomic mass is 10.1. The molecular formula is C16H35N3. The molecule has 1 N–H and O–H groups in total. The number of rotatable bonds is 12. The van der Waals surface area contributed by atoms with Gasteiger partial charge in [-0.25, -0.2) is 0 Å². The van der Waals surface area contributed by atoms with Crippen molar-refractivity contribution >= 4 is 0 Å². The largest absolute Gasteiger partial charge is 0.314 e. The molecule has 0 aromatic heterocycles. The molecule has 0 spiro atoms. The summed E-state index contributed by atoms with van der Waals surface area (Å²) in [6.45, 7) is 17.5. The Morgan fingerprint density at radius 1 is 1.00 bits per heavy atom. The zero-order valence-corrected chi connectivity index (χ0v) is 13.6. The smallest absolute Gasteiger partial charge is 0.0110 e. The molecule has 3 nitrogen and oxygen atoms in total. The van der Waals surface area contributed by atoms with Crippen molar-refractivity contribution in [3.8, 4) is 0 Å². The maximum Gasteiger partial charge on any atom is 0.0110 e. The van der Waals surface area contributed by atoms with Gasteiger partial charge in [-0.3, -0.25) is 4.90 Å². The minimum atomic E-state index is 0.830. The first-order valence-electron chi connectivity index (χ1n) is 8.34. The number of nitrogens with one attached hydrogen (secondary N) is 1. The number of likely N-dealkylation sites (N-methyl/N-ethyl adjacent to an activating group) is 1. The molecule has 0 amide bonds. The van der Waals surface area contributed by atoms with Crippen LogP contribution >= 0.6 is 0 Å². The van der Waals surface area contributed by atoms with Gasteiger partial charge in [-0.15, -0.1) is 0 Å². The molecular weight excluding hydrogens is 234 g/mol. The first-order valence-corrected chi connectivity index (χ1v) is 8.34. The van der Waals surface area contributed by atoms with E-state index in [9.17, 15) is 0 Å². The van der Waals surface area contributed by atoms with Gasteiger partial charge in [0.1, 0.15) is 0 Å². The van der Waals surface area contributed by atoms with E-state index in [1.807, 2.05) is 0 Å². The Bertz CT molecular complexity index is 210. The van der Waals surface area contributed by atoms with Crippen molar-refractivity contribution < 1.29 is 0 Å². The van der Waals surface area contributed by atoms with Crippen LogP contribution in [0.4, 0.5) is 0 Å². The van der Waals surface area contributed by atoms with Crippen LogP contribution < -0.4 is 5.32 Å². The molecule has 3 heteroatoms. The third kappa shape index (κ3) is 7.91. The van der Waals surface area contributed by atoms with Crippen LogP contribution in [0.3, 0.4) is 0 Å². The van der Waals surface area contributed by atoms with Crippen molar-refractivity contribution in [3.05, 3.63) is 0 Å². The molecule has 0 unspecified atom stereocenters. The molecule has 1 rings (SSSR count).